The van der Waals surface area contributed by atoms with Crippen molar-refractivity contribution in [2.75, 3.05) is 24.4 Å². The summed E-state index contributed by atoms with van der Waals surface area (Å²) >= 11 is 6.16. The molecule has 1 saturated heterocycles. The molecule has 2 aromatic rings. The Labute approximate surface area is 199 Å². The van der Waals surface area contributed by atoms with Gasteiger partial charge in [-0.1, -0.05) is 11.6 Å². The Morgan fingerprint density at radius 1 is 1.15 bits per heavy atom. The standard InChI is InChI=1S/C23H29ClFN3O4S/c1-15-12-28(13-16(2)32-15)23(3,4)14-26-22(29)17-5-10-20(24)21(11-17)27-33(30,31)19-8-6-18(25)7-9-19/h5-11,15-16,27H,12-14H2,1-4H3,(H,26,29). The minimum absolute atomic E-state index is 0.0590. The highest BCUT2D eigenvalue weighted by Crippen LogP contribution is 2.26. The zero-order valence-corrected chi connectivity index (χ0v) is 20.6. The van der Waals surface area contributed by atoms with Crippen LogP contribution in [0.1, 0.15) is 38.1 Å². The van der Waals surface area contributed by atoms with Crippen molar-refractivity contribution in [1.29, 1.82) is 0 Å². The molecule has 1 aliphatic rings. The molecule has 1 heterocycles. The summed E-state index contributed by atoms with van der Waals surface area (Å²) in [4.78, 5) is 15.0. The molecule has 1 aliphatic heterocycles. The summed E-state index contributed by atoms with van der Waals surface area (Å²) in [5, 5.41) is 3.06. The fraction of sp³-hybridized carbons (Fsp3) is 0.435. The highest BCUT2D eigenvalue weighted by molar-refractivity contribution is 7.92. The Kier molecular flexibility index (Phi) is 7.68. The van der Waals surface area contributed by atoms with E-state index in [4.69, 9.17) is 16.3 Å². The average Bonchev–Trinajstić information content (AvgIpc) is 2.73. The summed E-state index contributed by atoms with van der Waals surface area (Å²) in [5.41, 5.74) is 0.0148. The SMILES string of the molecule is CC1CN(C(C)(C)CNC(=O)c2ccc(Cl)c(NS(=O)(=O)c3ccc(F)cc3)c2)CC(C)O1. The van der Waals surface area contributed by atoms with Crippen LogP contribution in [0.25, 0.3) is 0 Å². The summed E-state index contributed by atoms with van der Waals surface area (Å²) in [5.74, 6) is -0.897. The van der Waals surface area contributed by atoms with Crippen LogP contribution in [-0.2, 0) is 14.8 Å². The van der Waals surface area contributed by atoms with Crippen molar-refractivity contribution >= 4 is 33.2 Å². The van der Waals surface area contributed by atoms with Gasteiger partial charge in [-0.25, -0.2) is 12.8 Å². The lowest BCUT2D eigenvalue weighted by molar-refractivity contribution is -0.0948. The molecule has 7 nitrogen and oxygen atoms in total. The second-order valence-corrected chi connectivity index (χ2v) is 11.0. The number of carbonyl (C=O) groups is 1. The van der Waals surface area contributed by atoms with Gasteiger partial charge in [0, 0.05) is 30.7 Å². The molecule has 0 spiro atoms. The van der Waals surface area contributed by atoms with Gasteiger partial charge in [0.25, 0.3) is 15.9 Å². The van der Waals surface area contributed by atoms with Gasteiger partial charge in [0.05, 0.1) is 27.8 Å². The van der Waals surface area contributed by atoms with Gasteiger partial charge >= 0.3 is 0 Å². The summed E-state index contributed by atoms with van der Waals surface area (Å²) in [6.07, 6.45) is 0.216. The van der Waals surface area contributed by atoms with E-state index in [0.29, 0.717) is 6.54 Å². The first-order valence-corrected chi connectivity index (χ1v) is 12.5. The molecular weight excluding hydrogens is 469 g/mol. The minimum atomic E-state index is -4.01. The molecule has 2 N–H and O–H groups in total. The Hall–Kier alpha value is -2.20. The van der Waals surface area contributed by atoms with E-state index in [1.807, 2.05) is 13.8 Å². The summed E-state index contributed by atoms with van der Waals surface area (Å²) in [6, 6.07) is 8.77. The molecule has 3 rings (SSSR count). The zero-order valence-electron chi connectivity index (χ0n) is 19.1. The van der Waals surface area contributed by atoms with Crippen molar-refractivity contribution in [3.63, 3.8) is 0 Å². The number of sulfonamides is 1. The number of halogens is 2. The van der Waals surface area contributed by atoms with E-state index in [9.17, 15) is 17.6 Å². The molecular formula is C23H29ClFN3O4S. The van der Waals surface area contributed by atoms with Crippen LogP contribution in [0, 0.1) is 5.82 Å². The van der Waals surface area contributed by atoms with Gasteiger partial charge in [0.1, 0.15) is 5.82 Å². The van der Waals surface area contributed by atoms with Crippen molar-refractivity contribution in [2.45, 2.75) is 50.3 Å². The molecule has 0 bridgehead atoms. The Balaban J connectivity index is 1.70. The normalized spacial score (nSPS) is 19.8. The van der Waals surface area contributed by atoms with E-state index >= 15 is 0 Å². The van der Waals surface area contributed by atoms with E-state index in [1.54, 1.807) is 0 Å². The summed E-state index contributed by atoms with van der Waals surface area (Å²) in [6.45, 7) is 10.1. The van der Waals surface area contributed by atoms with Gasteiger partial charge in [-0.3, -0.25) is 14.4 Å². The molecule has 33 heavy (non-hydrogen) atoms. The maximum atomic E-state index is 13.1. The summed E-state index contributed by atoms with van der Waals surface area (Å²) < 4.78 is 46.5. The molecule has 0 saturated carbocycles. The smallest absolute Gasteiger partial charge is 0.261 e. The fourth-order valence-corrected chi connectivity index (χ4v) is 5.04. The van der Waals surface area contributed by atoms with E-state index in [1.165, 1.54) is 18.2 Å². The Morgan fingerprint density at radius 2 is 1.76 bits per heavy atom. The number of morpholine rings is 1. The molecule has 0 aliphatic carbocycles. The number of nitrogens with one attached hydrogen (secondary N) is 2. The number of anilines is 1. The Bertz CT molecular complexity index is 1100. The quantitative estimate of drug-likeness (QED) is 0.605. The molecule has 1 amide bonds. The first-order chi connectivity index (χ1) is 15.4. The maximum Gasteiger partial charge on any atom is 0.261 e. The number of nitrogens with zero attached hydrogens (tertiary/aromatic N) is 1. The second-order valence-electron chi connectivity index (χ2n) is 8.91. The van der Waals surface area contributed by atoms with Crippen molar-refractivity contribution in [3.05, 3.63) is 58.9 Å². The average molecular weight is 498 g/mol. The lowest BCUT2D eigenvalue weighted by atomic mass is 10.00. The molecule has 0 radical (unpaired) electrons. The molecule has 2 aromatic carbocycles. The monoisotopic (exact) mass is 497 g/mol. The fourth-order valence-electron chi connectivity index (χ4n) is 3.74. The Morgan fingerprint density at radius 3 is 2.36 bits per heavy atom. The van der Waals surface area contributed by atoms with Crippen LogP contribution in [0.3, 0.4) is 0 Å². The molecule has 2 atom stereocenters. The van der Waals surface area contributed by atoms with Gasteiger partial charge < -0.3 is 10.1 Å². The number of rotatable bonds is 7. The maximum absolute atomic E-state index is 13.1. The molecule has 2 unspecified atom stereocenters. The van der Waals surface area contributed by atoms with E-state index in [0.717, 1.165) is 37.4 Å². The number of carbonyl (C=O) groups excluding carboxylic acids is 1. The second kappa shape index (κ2) is 9.97. The predicted molar refractivity (Wildman–Crippen MR) is 127 cm³/mol. The molecule has 180 valence electrons. The van der Waals surface area contributed by atoms with Crippen LogP contribution in [-0.4, -0.2) is 56.6 Å². The third-order valence-corrected chi connectivity index (χ3v) is 7.27. The number of hydrogen-bond acceptors (Lipinski definition) is 5. The van der Waals surface area contributed by atoms with Crippen molar-refractivity contribution in [1.82, 2.24) is 10.2 Å². The van der Waals surface area contributed by atoms with Crippen molar-refractivity contribution in [2.24, 2.45) is 0 Å². The van der Waals surface area contributed by atoms with Crippen molar-refractivity contribution in [3.8, 4) is 0 Å². The number of ether oxygens (including phenoxy) is 1. The van der Waals surface area contributed by atoms with Gasteiger partial charge in [0.15, 0.2) is 0 Å². The van der Waals surface area contributed by atoms with E-state index in [-0.39, 0.29) is 44.8 Å². The van der Waals surface area contributed by atoms with E-state index < -0.39 is 15.8 Å². The third kappa shape index (κ3) is 6.44. The van der Waals surface area contributed by atoms with Crippen LogP contribution in [0.15, 0.2) is 47.4 Å². The summed E-state index contributed by atoms with van der Waals surface area (Å²) in [7, 11) is -4.01. The molecule has 1 fully saturated rings. The van der Waals surface area contributed by atoms with Crippen molar-refractivity contribution < 1.29 is 22.3 Å². The lowest BCUT2D eigenvalue weighted by Gasteiger charge is -2.45. The van der Waals surface area contributed by atoms with Gasteiger partial charge in [-0.2, -0.15) is 0 Å². The topological polar surface area (TPSA) is 87.7 Å². The first-order valence-electron chi connectivity index (χ1n) is 10.6. The van der Waals surface area contributed by atoms with Crippen LogP contribution in [0.2, 0.25) is 5.02 Å². The van der Waals surface area contributed by atoms with Crippen LogP contribution in [0.4, 0.5) is 10.1 Å². The van der Waals surface area contributed by atoms with Crippen LogP contribution < -0.4 is 10.0 Å². The lowest BCUT2D eigenvalue weighted by Crippen LogP contribution is -2.58. The van der Waals surface area contributed by atoms with Gasteiger partial charge in [-0.05, 0) is 70.2 Å². The van der Waals surface area contributed by atoms with Gasteiger partial charge in [-0.15, -0.1) is 0 Å². The predicted octanol–water partition coefficient (Wildman–Crippen LogP) is 3.90. The number of amides is 1. The largest absolute Gasteiger partial charge is 0.373 e. The third-order valence-electron chi connectivity index (χ3n) is 5.55. The zero-order chi connectivity index (χ0) is 24.4. The molecule has 0 aromatic heterocycles. The van der Waals surface area contributed by atoms with Crippen LogP contribution >= 0.6 is 11.6 Å². The van der Waals surface area contributed by atoms with Crippen LogP contribution in [0.5, 0.6) is 0 Å². The molecule has 10 heteroatoms. The highest BCUT2D eigenvalue weighted by Gasteiger charge is 2.33. The minimum Gasteiger partial charge on any atom is -0.373 e. The first kappa shape index (κ1) is 25.4. The number of hydrogen-bond donors (Lipinski definition) is 2. The number of benzene rings is 2. The van der Waals surface area contributed by atoms with Gasteiger partial charge in [0.2, 0.25) is 0 Å². The highest BCUT2D eigenvalue weighted by atomic mass is 35.5. The van der Waals surface area contributed by atoms with E-state index in [2.05, 4.69) is 28.8 Å².